The number of hydrogen-bond acceptors (Lipinski definition) is 4. The molecule has 4 nitrogen and oxygen atoms in total. The summed E-state index contributed by atoms with van der Waals surface area (Å²) in [7, 11) is 0. The predicted octanol–water partition coefficient (Wildman–Crippen LogP) is 6.90. The summed E-state index contributed by atoms with van der Waals surface area (Å²) in [6, 6.07) is 13.3. The molecule has 4 rings (SSSR count). The van der Waals surface area contributed by atoms with Gasteiger partial charge in [0, 0.05) is 12.2 Å². The zero-order valence-corrected chi connectivity index (χ0v) is 19.4. The van der Waals surface area contributed by atoms with Crippen molar-refractivity contribution in [3.8, 4) is 16.9 Å². The molecule has 184 valence electrons. The average Bonchev–Trinajstić information content (AvgIpc) is 2.85. The number of rotatable bonds is 7. The molecule has 1 aliphatic carbocycles. The first-order valence-electron chi connectivity index (χ1n) is 11.7. The fourth-order valence-electron chi connectivity index (χ4n) is 4.49. The second kappa shape index (κ2) is 11.0. The van der Waals surface area contributed by atoms with Crippen molar-refractivity contribution in [1.29, 1.82) is 0 Å². The molecule has 0 aromatic heterocycles. The monoisotopic (exact) mass is 484 g/mol. The van der Waals surface area contributed by atoms with Crippen LogP contribution >= 0.6 is 0 Å². The highest BCUT2D eigenvalue weighted by Gasteiger charge is 2.28. The van der Waals surface area contributed by atoms with Crippen LogP contribution in [0.4, 0.5) is 13.2 Å². The molecule has 0 atom stereocenters. The van der Waals surface area contributed by atoms with E-state index in [9.17, 15) is 23.1 Å². The minimum Gasteiger partial charge on any atom is -0.508 e. The molecule has 0 radical (unpaired) electrons. The Bertz CT molecular complexity index is 1190. The third-order valence-electron chi connectivity index (χ3n) is 6.41. The lowest BCUT2D eigenvalue weighted by molar-refractivity contribution is 0.0188. The fourth-order valence-corrected chi connectivity index (χ4v) is 4.49. The molecular weight excluding hydrogens is 457 g/mol. The van der Waals surface area contributed by atoms with Gasteiger partial charge in [-0.15, -0.1) is 0 Å². The highest BCUT2D eigenvalue weighted by Crippen LogP contribution is 2.36. The van der Waals surface area contributed by atoms with Crippen LogP contribution in [0.5, 0.6) is 5.75 Å². The van der Waals surface area contributed by atoms with E-state index in [4.69, 9.17) is 9.47 Å². The molecule has 1 N–H and O–H groups in total. The maximum Gasteiger partial charge on any atom is 0.341 e. The van der Waals surface area contributed by atoms with E-state index in [0.717, 1.165) is 5.56 Å². The Kier molecular flexibility index (Phi) is 7.76. The van der Waals surface area contributed by atoms with Crippen LogP contribution in [0.15, 0.2) is 54.6 Å². The topological polar surface area (TPSA) is 55.8 Å². The van der Waals surface area contributed by atoms with Crippen LogP contribution in [0, 0.1) is 17.5 Å². The first kappa shape index (κ1) is 24.8. The number of phenolic OH excluding ortho intramolecular Hbond substituents is 1. The van der Waals surface area contributed by atoms with Crippen LogP contribution in [-0.2, 0) is 16.1 Å². The van der Waals surface area contributed by atoms with E-state index in [0.29, 0.717) is 50.0 Å². The molecule has 0 aliphatic heterocycles. The minimum atomic E-state index is -1.27. The number of phenols is 1. The summed E-state index contributed by atoms with van der Waals surface area (Å²) in [6.45, 7) is 2.81. The molecule has 35 heavy (non-hydrogen) atoms. The first-order valence-corrected chi connectivity index (χ1v) is 11.7. The van der Waals surface area contributed by atoms with Gasteiger partial charge in [0.1, 0.15) is 17.7 Å². The lowest BCUT2D eigenvalue weighted by Gasteiger charge is -2.29. The highest BCUT2D eigenvalue weighted by molar-refractivity contribution is 5.90. The quantitative estimate of drug-likeness (QED) is 0.371. The fraction of sp³-hybridized carbons (Fsp3) is 0.321. The standard InChI is InChI=1S/C28H27F3O4/c1-2-34-16-17-3-12-22(25(29)15-17)18-6-10-21(11-7-18)35-28(33)24-14-13-23(26(30)27(24)31)19-4-8-20(32)9-5-19/h3-5,8-9,12-15,18,21,32H,2,6-7,10-11,16H2,1H3. The van der Waals surface area contributed by atoms with Gasteiger partial charge in [-0.25, -0.2) is 18.0 Å². The van der Waals surface area contributed by atoms with Crippen molar-refractivity contribution in [2.75, 3.05) is 6.61 Å². The molecular formula is C28H27F3O4. The Morgan fingerprint density at radius 2 is 1.66 bits per heavy atom. The van der Waals surface area contributed by atoms with Gasteiger partial charge in [-0.3, -0.25) is 0 Å². The Balaban J connectivity index is 1.38. The maximum absolute atomic E-state index is 14.7. The summed E-state index contributed by atoms with van der Waals surface area (Å²) in [4.78, 5) is 12.6. The van der Waals surface area contributed by atoms with Crippen molar-refractivity contribution in [3.63, 3.8) is 0 Å². The molecule has 1 aliphatic rings. The average molecular weight is 485 g/mol. The number of esters is 1. The van der Waals surface area contributed by atoms with Gasteiger partial charge in [0.2, 0.25) is 0 Å². The molecule has 0 heterocycles. The maximum atomic E-state index is 14.7. The number of carbonyl (C=O) groups is 1. The van der Waals surface area contributed by atoms with Gasteiger partial charge in [0.15, 0.2) is 11.6 Å². The summed E-state index contributed by atoms with van der Waals surface area (Å²) >= 11 is 0. The SMILES string of the molecule is CCOCc1ccc(C2CCC(OC(=O)c3ccc(-c4ccc(O)cc4)c(F)c3F)CC2)c(F)c1. The smallest absolute Gasteiger partial charge is 0.341 e. The van der Waals surface area contributed by atoms with Crippen LogP contribution in [-0.4, -0.2) is 23.8 Å². The zero-order valence-electron chi connectivity index (χ0n) is 19.4. The molecule has 0 amide bonds. The van der Waals surface area contributed by atoms with Gasteiger partial charge in [0.05, 0.1) is 12.2 Å². The van der Waals surface area contributed by atoms with Crippen molar-refractivity contribution in [2.45, 2.75) is 51.2 Å². The third-order valence-corrected chi connectivity index (χ3v) is 6.41. The predicted molar refractivity (Wildman–Crippen MR) is 126 cm³/mol. The third kappa shape index (κ3) is 5.68. The van der Waals surface area contributed by atoms with Crippen LogP contribution in [0.25, 0.3) is 11.1 Å². The molecule has 0 spiro atoms. The molecule has 0 unspecified atom stereocenters. The largest absolute Gasteiger partial charge is 0.508 e. The molecule has 0 saturated heterocycles. The summed E-state index contributed by atoms with van der Waals surface area (Å²) in [6.07, 6.45) is 1.81. The number of hydrogen-bond donors (Lipinski definition) is 1. The van der Waals surface area contributed by atoms with Crippen molar-refractivity contribution in [2.24, 2.45) is 0 Å². The van der Waals surface area contributed by atoms with Gasteiger partial charge in [-0.2, -0.15) is 0 Å². The van der Waals surface area contributed by atoms with Crippen LogP contribution in [0.3, 0.4) is 0 Å². The number of carbonyl (C=O) groups excluding carboxylic acids is 1. The van der Waals surface area contributed by atoms with Gasteiger partial charge >= 0.3 is 5.97 Å². The Morgan fingerprint density at radius 1 is 0.943 bits per heavy atom. The van der Waals surface area contributed by atoms with Crippen molar-refractivity contribution in [1.82, 2.24) is 0 Å². The lowest BCUT2D eigenvalue weighted by Crippen LogP contribution is -2.25. The summed E-state index contributed by atoms with van der Waals surface area (Å²) in [5, 5.41) is 9.38. The van der Waals surface area contributed by atoms with Gasteiger partial charge in [-0.1, -0.05) is 30.3 Å². The molecule has 3 aromatic rings. The van der Waals surface area contributed by atoms with E-state index in [2.05, 4.69) is 0 Å². The normalized spacial score (nSPS) is 17.8. The highest BCUT2D eigenvalue weighted by atomic mass is 19.2. The number of halogens is 3. The molecule has 1 saturated carbocycles. The number of aromatic hydroxyl groups is 1. The zero-order chi connectivity index (χ0) is 24.9. The van der Waals surface area contributed by atoms with E-state index in [1.54, 1.807) is 6.07 Å². The summed E-state index contributed by atoms with van der Waals surface area (Å²) in [5.74, 6) is -3.61. The summed E-state index contributed by atoms with van der Waals surface area (Å²) in [5.41, 5.74) is 1.29. The van der Waals surface area contributed by atoms with Gasteiger partial charge in [0.25, 0.3) is 0 Å². The molecule has 3 aromatic carbocycles. The first-order chi connectivity index (χ1) is 16.9. The van der Waals surface area contributed by atoms with Gasteiger partial charge < -0.3 is 14.6 Å². The van der Waals surface area contributed by atoms with Crippen molar-refractivity contribution < 1.29 is 32.5 Å². The van der Waals surface area contributed by atoms with E-state index >= 15 is 0 Å². The van der Waals surface area contributed by atoms with E-state index in [1.807, 2.05) is 13.0 Å². The lowest BCUT2D eigenvalue weighted by atomic mass is 9.82. The van der Waals surface area contributed by atoms with E-state index < -0.39 is 29.3 Å². The van der Waals surface area contributed by atoms with Crippen molar-refractivity contribution >= 4 is 5.97 Å². The van der Waals surface area contributed by atoms with E-state index in [1.165, 1.54) is 42.5 Å². The van der Waals surface area contributed by atoms with Crippen LogP contribution in [0.2, 0.25) is 0 Å². The van der Waals surface area contributed by atoms with E-state index in [-0.39, 0.29) is 23.0 Å². The minimum absolute atomic E-state index is 0.00451. The second-order valence-corrected chi connectivity index (χ2v) is 8.71. The Morgan fingerprint density at radius 3 is 2.31 bits per heavy atom. The Hall–Kier alpha value is -3.32. The summed E-state index contributed by atoms with van der Waals surface area (Å²) < 4.78 is 54.8. The molecule has 1 fully saturated rings. The molecule has 0 bridgehead atoms. The van der Waals surface area contributed by atoms with Gasteiger partial charge in [-0.05, 0) is 79.5 Å². The molecule has 7 heteroatoms. The van der Waals surface area contributed by atoms with Crippen LogP contribution < -0.4 is 0 Å². The van der Waals surface area contributed by atoms with Crippen LogP contribution in [0.1, 0.15) is 60.0 Å². The van der Waals surface area contributed by atoms with Crippen molar-refractivity contribution in [3.05, 3.63) is 88.7 Å². The number of benzene rings is 3. The Labute approximate surface area is 202 Å². The second-order valence-electron chi connectivity index (χ2n) is 8.71. The number of ether oxygens (including phenoxy) is 2.